The van der Waals surface area contributed by atoms with E-state index in [9.17, 15) is 17.7 Å². The van der Waals surface area contributed by atoms with Crippen molar-refractivity contribution in [3.63, 3.8) is 0 Å². The van der Waals surface area contributed by atoms with E-state index in [0.717, 1.165) is 23.0 Å². The molecule has 14 heteroatoms. The van der Waals surface area contributed by atoms with E-state index in [4.69, 9.17) is 15.5 Å². The van der Waals surface area contributed by atoms with Crippen LogP contribution < -0.4 is 5.73 Å². The van der Waals surface area contributed by atoms with E-state index in [1.54, 1.807) is 10.9 Å². The number of rotatable bonds is 8. The van der Waals surface area contributed by atoms with Crippen molar-refractivity contribution in [1.82, 2.24) is 20.0 Å². The first-order valence-electron chi connectivity index (χ1n) is 10.4. The van der Waals surface area contributed by atoms with E-state index in [2.05, 4.69) is 19.8 Å². The zero-order valence-corrected chi connectivity index (χ0v) is 20.5. The molecule has 4 rings (SSSR count). The van der Waals surface area contributed by atoms with Gasteiger partial charge in [0.15, 0.2) is 0 Å². The summed E-state index contributed by atoms with van der Waals surface area (Å²) in [5.41, 5.74) is 5.17. The molecule has 2 aromatic carbocycles. The molecule has 9 nitrogen and oxygen atoms in total. The van der Waals surface area contributed by atoms with E-state index in [0.29, 0.717) is 12.1 Å². The maximum atomic E-state index is 14.0. The second-order valence-corrected chi connectivity index (χ2v) is 10.5. The van der Waals surface area contributed by atoms with Crippen LogP contribution in [0.25, 0.3) is 21.7 Å². The Morgan fingerprint density at radius 2 is 1.83 bits per heavy atom. The van der Waals surface area contributed by atoms with Crippen molar-refractivity contribution in [3.05, 3.63) is 77.1 Å². The van der Waals surface area contributed by atoms with Gasteiger partial charge in [-0.1, -0.05) is 53.8 Å². The molecule has 0 aliphatic carbocycles. The van der Waals surface area contributed by atoms with Crippen LogP contribution >= 0.6 is 19.2 Å². The fraction of sp³-hybridized carbons (Fsp3) is 0.227. The van der Waals surface area contributed by atoms with Crippen LogP contribution in [0.2, 0.25) is 0 Å². The molecule has 0 aliphatic heterocycles. The average Bonchev–Trinajstić information content (AvgIpc) is 3.48. The van der Waals surface area contributed by atoms with Crippen molar-refractivity contribution in [2.45, 2.75) is 25.2 Å². The summed E-state index contributed by atoms with van der Waals surface area (Å²) in [7, 11) is -4.77. The zero-order valence-electron chi connectivity index (χ0n) is 18.8. The number of hydrogen-bond donors (Lipinski definition) is 3. The van der Waals surface area contributed by atoms with Gasteiger partial charge in [0, 0.05) is 17.3 Å². The standard InChI is InChI=1S/C22H21F3N5O4PS/c1-21(26,13-34-35(31,32)33)20-29-28-19(36-20)15-7-8-17(18(9-15)22(23,24)25)16-10-27-30(12-16)11-14-5-3-2-4-6-14/h2-10,12H,11,13,26H2,1H3,(H2,31,32,33)/t21-/m0/s1. The van der Waals surface area contributed by atoms with Crippen LogP contribution in [0.4, 0.5) is 13.2 Å². The Kier molecular flexibility index (Phi) is 7.15. The summed E-state index contributed by atoms with van der Waals surface area (Å²) in [6, 6.07) is 13.2. The normalized spacial score (nSPS) is 14.1. The van der Waals surface area contributed by atoms with Gasteiger partial charge < -0.3 is 15.5 Å². The van der Waals surface area contributed by atoms with Crippen LogP contribution in [0.3, 0.4) is 0 Å². The second-order valence-electron chi connectivity index (χ2n) is 8.26. The number of alkyl halides is 3. The SMILES string of the molecule is C[C@](N)(COP(=O)(O)O)c1nnc(-c2ccc(-c3cnn(Cc4ccccc4)c3)c(C(F)(F)F)c2)s1. The summed E-state index contributed by atoms with van der Waals surface area (Å²) in [5.74, 6) is 0. The number of nitrogens with two attached hydrogens (primary N) is 1. The lowest BCUT2D eigenvalue weighted by Crippen LogP contribution is -2.37. The third-order valence-corrected chi connectivity index (χ3v) is 6.87. The molecule has 2 heterocycles. The molecular weight excluding hydrogens is 518 g/mol. The number of halogens is 3. The highest BCUT2D eigenvalue weighted by atomic mass is 32.1. The van der Waals surface area contributed by atoms with Crippen LogP contribution in [-0.2, 0) is 27.3 Å². The summed E-state index contributed by atoms with van der Waals surface area (Å²) in [4.78, 5) is 17.8. The maximum absolute atomic E-state index is 14.0. The smallest absolute Gasteiger partial charge is 0.318 e. The van der Waals surface area contributed by atoms with Crippen LogP contribution in [0, 0.1) is 0 Å². The quantitative estimate of drug-likeness (QED) is 0.280. The van der Waals surface area contributed by atoms with Gasteiger partial charge in [-0.3, -0.25) is 9.21 Å². The van der Waals surface area contributed by atoms with Crippen LogP contribution in [0.5, 0.6) is 0 Å². The molecule has 36 heavy (non-hydrogen) atoms. The van der Waals surface area contributed by atoms with E-state index in [-0.39, 0.29) is 21.1 Å². The maximum Gasteiger partial charge on any atom is 0.469 e. The summed E-state index contributed by atoms with van der Waals surface area (Å²) in [5, 5.41) is 12.3. The molecule has 2 aromatic heterocycles. The Morgan fingerprint density at radius 1 is 1.11 bits per heavy atom. The van der Waals surface area contributed by atoms with E-state index >= 15 is 0 Å². The van der Waals surface area contributed by atoms with Gasteiger partial charge in [-0.2, -0.15) is 18.3 Å². The van der Waals surface area contributed by atoms with Gasteiger partial charge in [0.25, 0.3) is 0 Å². The first-order chi connectivity index (χ1) is 16.8. The zero-order chi connectivity index (χ0) is 26.1. The van der Waals surface area contributed by atoms with Crippen molar-refractivity contribution in [2.75, 3.05) is 6.61 Å². The first-order valence-corrected chi connectivity index (χ1v) is 12.8. The number of phosphoric ester groups is 1. The van der Waals surface area contributed by atoms with Gasteiger partial charge in [0.05, 0.1) is 30.5 Å². The van der Waals surface area contributed by atoms with Crippen molar-refractivity contribution in [2.24, 2.45) is 5.73 Å². The molecule has 4 aromatic rings. The lowest BCUT2D eigenvalue weighted by Gasteiger charge is -2.21. The third kappa shape index (κ3) is 6.25. The first kappa shape index (κ1) is 26.1. The molecule has 0 spiro atoms. The predicted molar refractivity (Wildman–Crippen MR) is 127 cm³/mol. The molecule has 1 atom stereocenters. The number of nitrogens with zero attached hydrogens (tertiary/aromatic N) is 4. The summed E-state index contributed by atoms with van der Waals surface area (Å²) >= 11 is 0.906. The van der Waals surface area contributed by atoms with Gasteiger partial charge in [0.2, 0.25) is 0 Å². The molecule has 0 bridgehead atoms. The molecule has 0 saturated heterocycles. The van der Waals surface area contributed by atoms with Crippen LogP contribution in [0.15, 0.2) is 60.9 Å². The highest BCUT2D eigenvalue weighted by Crippen LogP contribution is 2.41. The largest absolute Gasteiger partial charge is 0.469 e. The molecule has 0 saturated carbocycles. The minimum atomic E-state index is -4.77. The number of hydrogen-bond acceptors (Lipinski definition) is 7. The Labute approximate surface area is 207 Å². The van der Waals surface area contributed by atoms with E-state index < -0.39 is 31.7 Å². The van der Waals surface area contributed by atoms with Gasteiger partial charge in [-0.25, -0.2) is 4.57 Å². The van der Waals surface area contributed by atoms with E-state index in [1.807, 2.05) is 30.3 Å². The number of phosphoric acid groups is 1. The molecule has 0 aliphatic rings. The second kappa shape index (κ2) is 9.85. The van der Waals surface area contributed by atoms with E-state index in [1.165, 1.54) is 25.3 Å². The van der Waals surface area contributed by atoms with Crippen molar-refractivity contribution >= 4 is 19.2 Å². The minimum absolute atomic E-state index is 0.0333. The molecule has 0 unspecified atom stereocenters. The molecule has 4 N–H and O–H groups in total. The Bertz CT molecular complexity index is 1400. The van der Waals surface area contributed by atoms with Gasteiger partial charge >= 0.3 is 14.0 Å². The number of benzene rings is 2. The van der Waals surface area contributed by atoms with Gasteiger partial charge in [-0.15, -0.1) is 10.2 Å². The lowest BCUT2D eigenvalue weighted by atomic mass is 9.99. The highest BCUT2D eigenvalue weighted by molar-refractivity contribution is 7.46. The molecule has 0 radical (unpaired) electrons. The highest BCUT2D eigenvalue weighted by Gasteiger charge is 2.35. The predicted octanol–water partition coefficient (Wildman–Crippen LogP) is 4.42. The fourth-order valence-electron chi connectivity index (χ4n) is 3.37. The minimum Gasteiger partial charge on any atom is -0.318 e. The Morgan fingerprint density at radius 3 is 2.50 bits per heavy atom. The number of aromatic nitrogens is 4. The lowest BCUT2D eigenvalue weighted by molar-refractivity contribution is -0.137. The molecule has 0 fully saturated rings. The van der Waals surface area contributed by atoms with Gasteiger partial charge in [-0.05, 0) is 24.1 Å². The van der Waals surface area contributed by atoms with Crippen molar-refractivity contribution < 1.29 is 32.0 Å². The summed E-state index contributed by atoms with van der Waals surface area (Å²) in [6.45, 7) is 1.27. The summed E-state index contributed by atoms with van der Waals surface area (Å²) in [6.07, 6.45) is -1.71. The molecule has 190 valence electrons. The topological polar surface area (TPSA) is 136 Å². The Hall–Kier alpha value is -2.93. The molecular formula is C22H21F3N5O4PS. The summed E-state index contributed by atoms with van der Waals surface area (Å²) < 4.78 is 59.1. The Balaban J connectivity index is 1.63. The average molecular weight is 539 g/mol. The van der Waals surface area contributed by atoms with Gasteiger partial charge in [0.1, 0.15) is 10.0 Å². The third-order valence-electron chi connectivity index (χ3n) is 5.15. The van der Waals surface area contributed by atoms with Crippen LogP contribution in [0.1, 0.15) is 23.1 Å². The van der Waals surface area contributed by atoms with Crippen LogP contribution in [-0.4, -0.2) is 36.4 Å². The van der Waals surface area contributed by atoms with Crippen molar-refractivity contribution in [3.8, 4) is 21.7 Å². The van der Waals surface area contributed by atoms with Crippen molar-refractivity contribution in [1.29, 1.82) is 0 Å². The monoisotopic (exact) mass is 539 g/mol. The molecule has 0 amide bonds. The fourth-order valence-corrected chi connectivity index (χ4v) is 4.69.